The summed E-state index contributed by atoms with van der Waals surface area (Å²) < 4.78 is 121. The van der Waals surface area contributed by atoms with Crippen LogP contribution in [-0.2, 0) is 103 Å². The van der Waals surface area contributed by atoms with Crippen molar-refractivity contribution in [1.29, 1.82) is 0 Å². The Hall–Kier alpha value is -9.42. The third kappa shape index (κ3) is 27.7. The molecule has 14 heterocycles. The number of aromatic amines is 7. The molecule has 11 N–H and O–H groups in total. The molecule has 22 atom stereocenters. The average Bonchev–Trinajstić information content (AvgIpc) is 1.71. The molecule has 2 radical (unpaired) electrons. The summed E-state index contributed by atoms with van der Waals surface area (Å²) in [6.07, 6.45) is 16.3. The Morgan fingerprint density at radius 1 is 0.386 bits per heavy atom. The van der Waals surface area contributed by atoms with Crippen LogP contribution in [0.3, 0.4) is 0 Å². The predicted molar refractivity (Wildman–Crippen MR) is 466 cm³/mol. The van der Waals surface area contributed by atoms with Gasteiger partial charge in [0.25, 0.3) is 27.8 Å². The second-order valence-corrected chi connectivity index (χ2v) is 30.5. The number of allylic oxidation sites excluding steroid dienone is 2. The SMILES string of the molecule is C#Cc1cn([C@H]2C[C@@H](F)[C@@H](CC)O2)c(=O)[nH]c1=O.C#Cc1cn([C@H]2C[C@@H](F)[C@@H](CO)O2)c(=O)[nH]c1=O.C#Cc1cn([C@H]2C[C@@H](O)[C@@H](CC)O2)c(=O)[nH]c1=O.C#Cc1cn([C@H]2C[C@@H](OP)[C@@H](CC)O2)c(=O)[nH]c1=O.CC[C@H]1O[C@@H](n2cc(C#CI)c(=O)[nH]c2=O)C[C@H]1F.[CH-]=C(C)c1cn([C@H]2C[C@@H](F)[C@@H](CO)O2)c(=O)[nH]c1=O.[CH-]=C(C)c1cn([C@H]2C[C@@H](F)[C@@H](CO)O2)c(=O)[nH]c1=O.[Y].[Y]. The first-order valence-corrected chi connectivity index (χ1v) is 41.6. The zero-order valence-electron chi connectivity index (χ0n) is 71.4. The van der Waals surface area contributed by atoms with Gasteiger partial charge in [0.1, 0.15) is 121 Å². The number of hydrogen-bond acceptors (Lipinski definition) is 26. The maximum Gasteiger partial charge on any atom is 0.330 e. The average molecular weight is 2130 g/mol. The van der Waals surface area contributed by atoms with Gasteiger partial charge in [-0.2, -0.15) is 0 Å². The quantitative estimate of drug-likeness (QED) is 0.0199. The van der Waals surface area contributed by atoms with Crippen LogP contribution in [0.4, 0.5) is 22.0 Å². The van der Waals surface area contributed by atoms with E-state index >= 15 is 0 Å². The number of hydrogen-bond donors (Lipinski definition) is 11. The van der Waals surface area contributed by atoms with E-state index in [1.807, 2.05) is 32.7 Å². The molecule has 0 aromatic carbocycles. The van der Waals surface area contributed by atoms with Crippen molar-refractivity contribution in [3.8, 4) is 59.2 Å². The number of rotatable bonds is 17. The Bertz CT molecular complexity index is 6050. The van der Waals surface area contributed by atoms with Crippen LogP contribution in [0.25, 0.3) is 11.1 Å². The van der Waals surface area contributed by atoms with Crippen LogP contribution in [0.15, 0.2) is 111 Å². The second-order valence-electron chi connectivity index (χ2n) is 29.7. The fraction of sp³-hybridized carbons (Fsp3) is 0.494. The van der Waals surface area contributed by atoms with Gasteiger partial charge in [0.2, 0.25) is 0 Å². The molecule has 7 saturated heterocycles. The number of H-pyrrole nitrogens is 7. The van der Waals surface area contributed by atoms with E-state index in [0.717, 1.165) is 30.9 Å². The van der Waals surface area contributed by atoms with Gasteiger partial charge in [-0.1, -0.05) is 88.7 Å². The molecular formula is C83H93F5IN14O26PY2-2. The summed E-state index contributed by atoms with van der Waals surface area (Å²) in [5, 5.41) is 36.5. The minimum atomic E-state index is -1.37. The van der Waals surface area contributed by atoms with Crippen LogP contribution >= 0.6 is 32.1 Å². The molecule has 132 heavy (non-hydrogen) atoms. The number of alkyl halides is 5. The normalized spacial score (nSPS) is 26.2. The van der Waals surface area contributed by atoms with Gasteiger partial charge in [0, 0.05) is 173 Å². The molecule has 7 aliphatic heterocycles. The van der Waals surface area contributed by atoms with Crippen molar-refractivity contribution in [2.75, 3.05) is 19.8 Å². The van der Waals surface area contributed by atoms with Crippen LogP contribution in [0, 0.1) is 72.4 Å². The number of aromatic nitrogens is 14. The Labute approximate surface area is 811 Å². The molecule has 7 fully saturated rings. The van der Waals surface area contributed by atoms with Crippen LogP contribution in [0.1, 0.15) is 195 Å². The Morgan fingerprint density at radius 2 is 0.606 bits per heavy atom. The monoisotopic (exact) mass is 2130 g/mol. The maximum atomic E-state index is 13.6. The summed E-state index contributed by atoms with van der Waals surface area (Å²) in [5.74, 6) is 11.3. The fourth-order valence-electron chi connectivity index (χ4n) is 14.1. The molecule has 7 aliphatic rings. The van der Waals surface area contributed by atoms with E-state index in [1.54, 1.807) is 22.6 Å². The van der Waals surface area contributed by atoms with E-state index in [4.69, 9.17) is 91.9 Å². The standard InChI is InChI=1S/C12H12FIN2O3.2C12H14FN2O4.C12H13FN2O3.C12H15N2O4P.C12H14N2O4.C11H11FN2O4.2Y/c1-2-9-8(13)5-10(19-9)16-6-7(3-4-14)11(17)15-12(16)18;2*1-6(2)7-4-15(12(18)14-11(7)17)10-3-8(13)9(5-16)19-10;1-3-7-6-15(12(17)14-11(7)16)10-5-8(13)9(4-2)18-10;1-3-7-6-14(12(16)13-11(7)15)10-5-9(18-19)8(4-2)17-10;1-3-7-6-14(12(17)13-11(7)16)10-5-8(15)9(4-2)18-10;1-2-6-4-14(11(17)13-10(6)16)9-3-7(12)8(5-15)18-9;;/h6,8-10H,2,5H2,1H3,(H,15,17,18);2*1,4,8-10,16H,3,5H2,2H3,(H,14,17,18);1,6,8-10H,4-5H2,2H3,(H,14,16,17);1,6,8-10H,4-5,19H2,2H3,(H,13,15,16);1,6,8-10,15H,4-5H2,2H3,(H,13,16,17);1,4,7-9,15H,3,5H2,(H,13,16,17);;/q;2*-1;;;;;;/t6*8-,9-,10-;7-,8-,9-;;/m1111111../s1. The molecular weight excluding hydrogens is 2040 g/mol. The minimum Gasteiger partial charge on any atom is -0.394 e. The van der Waals surface area contributed by atoms with Crippen molar-refractivity contribution in [1.82, 2.24) is 66.9 Å². The Balaban J connectivity index is 0.000000236. The van der Waals surface area contributed by atoms with Gasteiger partial charge in [-0.15, -0.1) is 25.7 Å². The predicted octanol–water partition coefficient (Wildman–Crippen LogP) is 0.949. The first-order chi connectivity index (χ1) is 61.7. The Morgan fingerprint density at radius 3 is 0.826 bits per heavy atom. The first-order valence-electron chi connectivity index (χ1n) is 40.0. The fourth-order valence-corrected chi connectivity index (χ4v) is 14.7. The van der Waals surface area contributed by atoms with Crippen molar-refractivity contribution in [3.63, 3.8) is 0 Å². The van der Waals surface area contributed by atoms with Crippen LogP contribution in [0.5, 0.6) is 0 Å². The van der Waals surface area contributed by atoms with Gasteiger partial charge in [-0.25, -0.2) is 66.7 Å². The van der Waals surface area contributed by atoms with Crippen molar-refractivity contribution >= 4 is 43.2 Å². The summed E-state index contributed by atoms with van der Waals surface area (Å²) in [7, 11) is 2.21. The van der Waals surface area contributed by atoms with Gasteiger partial charge >= 0.3 is 39.8 Å². The van der Waals surface area contributed by atoms with E-state index in [1.165, 1.54) is 64.7 Å². The molecule has 706 valence electrons. The number of ether oxygens (including phenoxy) is 7. The van der Waals surface area contributed by atoms with Crippen LogP contribution in [0.2, 0.25) is 0 Å². The maximum absolute atomic E-state index is 13.6. The van der Waals surface area contributed by atoms with E-state index in [-0.39, 0.29) is 166 Å². The van der Waals surface area contributed by atoms with Crippen molar-refractivity contribution in [2.45, 2.75) is 242 Å². The number of nitrogens with one attached hydrogen (secondary N) is 7. The summed E-state index contributed by atoms with van der Waals surface area (Å²) in [5.41, 5.74) is -7.68. The van der Waals surface area contributed by atoms with Crippen molar-refractivity contribution in [3.05, 3.63) is 241 Å². The molecule has 0 saturated carbocycles. The van der Waals surface area contributed by atoms with Gasteiger partial charge in [0.05, 0.1) is 56.4 Å². The third-order valence-corrected chi connectivity index (χ3v) is 21.7. The largest absolute Gasteiger partial charge is 0.394 e. The number of halogens is 6. The Kier molecular flexibility index (Phi) is 43.3. The number of aliphatic hydroxyl groups is 4. The minimum absolute atomic E-state index is 0. The summed E-state index contributed by atoms with van der Waals surface area (Å²) in [4.78, 5) is 176. The van der Waals surface area contributed by atoms with E-state index in [9.17, 15) is 94.2 Å². The van der Waals surface area contributed by atoms with Crippen LogP contribution in [-0.4, -0.2) is 193 Å². The zero-order chi connectivity index (χ0) is 96.1. The van der Waals surface area contributed by atoms with Gasteiger partial charge in [-0.05, 0) is 35.5 Å². The number of terminal acetylenes is 4. The van der Waals surface area contributed by atoms with Gasteiger partial charge < -0.3 is 58.1 Å². The molecule has 7 aromatic rings. The van der Waals surface area contributed by atoms with E-state index in [0.29, 0.717) is 32.1 Å². The molecule has 0 spiro atoms. The molecule has 14 rings (SSSR count). The first kappa shape index (κ1) is 111. The third-order valence-electron chi connectivity index (χ3n) is 21.1. The molecule has 0 aliphatic carbocycles. The molecule has 0 amide bonds. The zero-order valence-corrected chi connectivity index (χ0v) is 80.4. The van der Waals surface area contributed by atoms with Crippen LogP contribution < -0.4 is 78.7 Å². The smallest absolute Gasteiger partial charge is 0.330 e. The van der Waals surface area contributed by atoms with Crippen molar-refractivity contribution in [2.24, 2.45) is 0 Å². The summed E-state index contributed by atoms with van der Waals surface area (Å²) in [6, 6.07) is 0. The van der Waals surface area contributed by atoms with E-state index in [2.05, 4.69) is 72.9 Å². The molecule has 1 unspecified atom stereocenters. The second kappa shape index (κ2) is 51.3. The molecule has 0 bridgehead atoms. The number of aliphatic hydroxyl groups excluding tert-OH is 4. The molecule has 40 nitrogen and oxygen atoms in total. The van der Waals surface area contributed by atoms with Gasteiger partial charge in [-0.3, -0.25) is 114 Å². The molecule has 7 aromatic heterocycles. The van der Waals surface area contributed by atoms with Crippen molar-refractivity contribution < 1.29 is 145 Å². The topological polar surface area (TPSA) is 539 Å². The summed E-state index contributed by atoms with van der Waals surface area (Å²) in [6.45, 7) is 20.2. The molecule has 49 heteroatoms. The number of nitrogens with zero attached hydrogens (tertiary/aromatic N) is 7. The summed E-state index contributed by atoms with van der Waals surface area (Å²) >= 11 is 1.80. The van der Waals surface area contributed by atoms with Gasteiger partial charge in [0.15, 0.2) is 11.1 Å². The van der Waals surface area contributed by atoms with E-state index < -0.39 is 210 Å².